The van der Waals surface area contributed by atoms with Crippen LogP contribution in [0.3, 0.4) is 0 Å². The summed E-state index contributed by atoms with van der Waals surface area (Å²) in [5, 5.41) is 3.55. The minimum Gasteiger partial charge on any atom is -0.490 e. The molecule has 2 saturated carbocycles. The molecule has 158 valence electrons. The number of hydrogen-bond acceptors (Lipinski definition) is 4. The van der Waals surface area contributed by atoms with Crippen LogP contribution in [0.4, 0.5) is 5.69 Å². The normalized spacial score (nSPS) is 24.2. The summed E-state index contributed by atoms with van der Waals surface area (Å²) in [5.74, 6) is 1.53. The Balaban J connectivity index is 1.43. The molecule has 28 heavy (non-hydrogen) atoms. The summed E-state index contributed by atoms with van der Waals surface area (Å²) in [6.45, 7) is 6.16. The molecule has 2 aliphatic rings. The summed E-state index contributed by atoms with van der Waals surface area (Å²) in [7, 11) is -3.26. The first kappa shape index (κ1) is 21.4. The van der Waals surface area contributed by atoms with Gasteiger partial charge in [0, 0.05) is 24.3 Å². The predicted molar refractivity (Wildman–Crippen MR) is 115 cm³/mol. The molecule has 1 aromatic rings. The minimum atomic E-state index is -3.26. The first-order valence-corrected chi connectivity index (χ1v) is 12.2. The highest BCUT2D eigenvalue weighted by molar-refractivity contribution is 7.90. The highest BCUT2D eigenvalue weighted by Gasteiger charge is 2.32. The van der Waals surface area contributed by atoms with E-state index < -0.39 is 14.8 Å². The van der Waals surface area contributed by atoms with Crippen LogP contribution in [-0.2, 0) is 10.0 Å². The third kappa shape index (κ3) is 5.86. The van der Waals surface area contributed by atoms with Crippen LogP contribution in [0.15, 0.2) is 24.3 Å². The number of anilines is 1. The van der Waals surface area contributed by atoms with Crippen molar-refractivity contribution in [3.8, 4) is 5.75 Å². The molecule has 0 amide bonds. The number of sulfonamides is 1. The van der Waals surface area contributed by atoms with E-state index in [1.165, 1.54) is 25.7 Å². The lowest BCUT2D eigenvalue weighted by molar-refractivity contribution is 0.210. The molecule has 0 bridgehead atoms. The molecule has 3 rings (SSSR count). The van der Waals surface area contributed by atoms with Gasteiger partial charge in [0.2, 0.25) is 10.0 Å². The van der Waals surface area contributed by atoms with Crippen molar-refractivity contribution in [3.63, 3.8) is 0 Å². The van der Waals surface area contributed by atoms with Gasteiger partial charge in [-0.05, 0) is 90.2 Å². The van der Waals surface area contributed by atoms with Gasteiger partial charge in [-0.2, -0.15) is 0 Å². The van der Waals surface area contributed by atoms with E-state index in [1.54, 1.807) is 20.8 Å². The van der Waals surface area contributed by atoms with Crippen molar-refractivity contribution in [2.24, 2.45) is 5.92 Å². The molecule has 0 aromatic heterocycles. The number of ether oxygens (including phenoxy) is 1. The first-order chi connectivity index (χ1) is 13.2. The molecule has 0 aliphatic heterocycles. The molecule has 0 radical (unpaired) electrons. The van der Waals surface area contributed by atoms with Crippen molar-refractivity contribution in [1.82, 2.24) is 4.72 Å². The maximum Gasteiger partial charge on any atom is 0.216 e. The van der Waals surface area contributed by atoms with E-state index in [0.717, 1.165) is 43.7 Å². The fourth-order valence-electron chi connectivity index (χ4n) is 4.02. The Hall–Kier alpha value is -1.27. The van der Waals surface area contributed by atoms with E-state index in [0.29, 0.717) is 12.0 Å². The number of benzene rings is 1. The van der Waals surface area contributed by atoms with Crippen LogP contribution in [0.5, 0.6) is 5.75 Å². The molecule has 0 spiro atoms. The highest BCUT2D eigenvalue weighted by Crippen LogP contribution is 2.28. The summed E-state index contributed by atoms with van der Waals surface area (Å²) < 4.78 is 32.9. The summed E-state index contributed by atoms with van der Waals surface area (Å²) in [5.41, 5.74) is 1.10. The molecular weight excluding hydrogens is 372 g/mol. The topological polar surface area (TPSA) is 67.4 Å². The number of hydrogen-bond donors (Lipinski definition) is 2. The third-order valence-electron chi connectivity index (χ3n) is 6.01. The number of nitrogens with one attached hydrogen (secondary N) is 2. The van der Waals surface area contributed by atoms with Crippen molar-refractivity contribution in [1.29, 1.82) is 0 Å². The molecular formula is C22H36N2O3S. The largest absolute Gasteiger partial charge is 0.490 e. The van der Waals surface area contributed by atoms with Crippen molar-refractivity contribution in [2.45, 2.75) is 89.0 Å². The van der Waals surface area contributed by atoms with Gasteiger partial charge in [0.15, 0.2) is 0 Å². The van der Waals surface area contributed by atoms with Crippen LogP contribution < -0.4 is 14.8 Å². The second-order valence-corrected chi connectivity index (χ2v) is 11.9. The molecule has 5 nitrogen and oxygen atoms in total. The van der Waals surface area contributed by atoms with Gasteiger partial charge < -0.3 is 10.1 Å². The Morgan fingerprint density at radius 2 is 1.71 bits per heavy atom. The molecule has 2 N–H and O–H groups in total. The van der Waals surface area contributed by atoms with Gasteiger partial charge in [0.05, 0.1) is 10.9 Å². The van der Waals surface area contributed by atoms with Gasteiger partial charge in [-0.25, -0.2) is 13.1 Å². The molecule has 0 saturated heterocycles. The molecule has 0 atom stereocenters. The minimum absolute atomic E-state index is 0.0728. The Morgan fingerprint density at radius 1 is 1.04 bits per heavy atom. The third-order valence-corrected chi connectivity index (χ3v) is 8.26. The molecule has 2 aliphatic carbocycles. The fourth-order valence-corrected chi connectivity index (χ4v) is 5.05. The van der Waals surface area contributed by atoms with Crippen LogP contribution >= 0.6 is 0 Å². The lowest BCUT2D eigenvalue weighted by Crippen LogP contribution is -2.46. The van der Waals surface area contributed by atoms with Crippen LogP contribution in [-0.4, -0.2) is 31.9 Å². The van der Waals surface area contributed by atoms with Gasteiger partial charge in [-0.3, -0.25) is 0 Å². The van der Waals surface area contributed by atoms with Crippen molar-refractivity contribution in [3.05, 3.63) is 24.3 Å². The van der Waals surface area contributed by atoms with Crippen molar-refractivity contribution >= 4 is 15.7 Å². The zero-order valence-electron chi connectivity index (χ0n) is 17.5. The Kier molecular flexibility index (Phi) is 6.92. The van der Waals surface area contributed by atoms with Gasteiger partial charge >= 0.3 is 0 Å². The average Bonchev–Trinajstić information content (AvgIpc) is 3.13. The second kappa shape index (κ2) is 9.04. The van der Waals surface area contributed by atoms with Crippen molar-refractivity contribution in [2.75, 3.05) is 11.9 Å². The Bertz CT molecular complexity index is 728. The van der Waals surface area contributed by atoms with E-state index in [2.05, 4.69) is 22.2 Å². The summed E-state index contributed by atoms with van der Waals surface area (Å²) in [6.07, 6.45) is 9.17. The van der Waals surface area contributed by atoms with Gasteiger partial charge in [0.1, 0.15) is 5.75 Å². The molecule has 1 aromatic carbocycles. The van der Waals surface area contributed by atoms with Gasteiger partial charge in [-0.1, -0.05) is 6.07 Å². The van der Waals surface area contributed by atoms with E-state index in [4.69, 9.17) is 4.74 Å². The van der Waals surface area contributed by atoms with Crippen LogP contribution in [0.1, 0.15) is 72.1 Å². The summed E-state index contributed by atoms with van der Waals surface area (Å²) in [4.78, 5) is 0. The lowest BCUT2D eigenvalue weighted by atomic mass is 9.86. The van der Waals surface area contributed by atoms with Gasteiger partial charge in [-0.15, -0.1) is 0 Å². The SMILES string of the molecule is CC(C)(C)S(=O)(=O)N[C@H]1CC[C@H](CNc2cccc(OC3CCCC3)c2)CC1. The maximum absolute atomic E-state index is 12.3. The van der Waals surface area contributed by atoms with Crippen LogP contribution in [0.2, 0.25) is 0 Å². The first-order valence-electron chi connectivity index (χ1n) is 10.8. The molecule has 6 heteroatoms. The molecule has 2 fully saturated rings. The van der Waals surface area contributed by atoms with Crippen LogP contribution in [0.25, 0.3) is 0 Å². The Morgan fingerprint density at radius 3 is 2.36 bits per heavy atom. The predicted octanol–water partition coefficient (Wildman–Crippen LogP) is 4.70. The maximum atomic E-state index is 12.3. The quantitative estimate of drug-likeness (QED) is 0.686. The monoisotopic (exact) mass is 408 g/mol. The van der Waals surface area contributed by atoms with E-state index in [-0.39, 0.29) is 6.04 Å². The highest BCUT2D eigenvalue weighted by atomic mass is 32.2. The van der Waals surface area contributed by atoms with Gasteiger partial charge in [0.25, 0.3) is 0 Å². The Labute approximate surface area is 170 Å². The smallest absolute Gasteiger partial charge is 0.216 e. The summed E-state index contributed by atoms with van der Waals surface area (Å²) in [6, 6.07) is 8.34. The molecule has 0 heterocycles. The fraction of sp³-hybridized carbons (Fsp3) is 0.727. The average molecular weight is 409 g/mol. The zero-order chi connectivity index (χ0) is 20.2. The standard InChI is InChI=1S/C22H36N2O3S/c1-22(2,3)28(25,26)24-18-13-11-17(12-14-18)16-23-19-7-6-10-21(15-19)27-20-8-4-5-9-20/h6-7,10,15,17-18,20,23-24H,4-5,8-9,11-14,16H2,1-3H3/t17-,18-. The van der Waals surface area contributed by atoms with Crippen LogP contribution in [0, 0.1) is 5.92 Å². The van der Waals surface area contributed by atoms with E-state index in [9.17, 15) is 8.42 Å². The van der Waals surface area contributed by atoms with E-state index >= 15 is 0 Å². The number of rotatable bonds is 7. The molecule has 0 unspecified atom stereocenters. The second-order valence-electron chi connectivity index (χ2n) is 9.38. The zero-order valence-corrected chi connectivity index (χ0v) is 18.4. The van der Waals surface area contributed by atoms with Crippen molar-refractivity contribution < 1.29 is 13.2 Å². The lowest BCUT2D eigenvalue weighted by Gasteiger charge is -2.31. The van der Waals surface area contributed by atoms with E-state index in [1.807, 2.05) is 12.1 Å². The summed E-state index contributed by atoms with van der Waals surface area (Å²) >= 11 is 0.